The number of hydrogen-bond donors (Lipinski definition) is 1. The van der Waals surface area contributed by atoms with E-state index in [4.69, 9.17) is 9.29 Å². The number of rotatable bonds is 4. The van der Waals surface area contributed by atoms with Crippen LogP contribution in [0.4, 0.5) is 0 Å². The first-order chi connectivity index (χ1) is 7.54. The van der Waals surface area contributed by atoms with E-state index in [-0.39, 0.29) is 12.4 Å². The zero-order valence-electron chi connectivity index (χ0n) is 8.59. The van der Waals surface area contributed by atoms with Crippen molar-refractivity contribution in [3.63, 3.8) is 0 Å². The molecule has 0 spiro atoms. The molecular formula is C11H12O4S. The van der Waals surface area contributed by atoms with E-state index in [0.717, 1.165) is 11.3 Å². The summed E-state index contributed by atoms with van der Waals surface area (Å²) in [6.45, 7) is -0.0152. The van der Waals surface area contributed by atoms with Crippen LogP contribution in [0.25, 0.3) is 6.08 Å². The molecular weight excluding hydrogens is 228 g/mol. The summed E-state index contributed by atoms with van der Waals surface area (Å²) in [6, 6.07) is 7.88. The lowest BCUT2D eigenvalue weighted by atomic mass is 10.1. The average molecular weight is 240 g/mol. The fourth-order valence-electron chi connectivity index (χ4n) is 1.62. The van der Waals surface area contributed by atoms with Crippen molar-refractivity contribution in [2.75, 3.05) is 12.4 Å². The summed E-state index contributed by atoms with van der Waals surface area (Å²) >= 11 is 0. The minimum absolute atomic E-state index is 0.0152. The van der Waals surface area contributed by atoms with Crippen molar-refractivity contribution in [2.24, 2.45) is 0 Å². The Bertz CT molecular complexity index is 517. The van der Waals surface area contributed by atoms with Crippen LogP contribution in [0.1, 0.15) is 11.1 Å². The average Bonchev–Trinajstić information content (AvgIpc) is 2.57. The van der Waals surface area contributed by atoms with E-state index in [2.05, 4.69) is 0 Å². The van der Waals surface area contributed by atoms with Gasteiger partial charge < -0.3 is 4.74 Å². The molecule has 86 valence electrons. The van der Waals surface area contributed by atoms with E-state index < -0.39 is 10.1 Å². The van der Waals surface area contributed by atoms with Crippen LogP contribution in [0.15, 0.2) is 30.0 Å². The highest BCUT2D eigenvalue weighted by Gasteiger charge is 2.13. The maximum Gasteiger partial charge on any atom is 0.268 e. The van der Waals surface area contributed by atoms with Gasteiger partial charge in [-0.25, -0.2) is 0 Å². The van der Waals surface area contributed by atoms with Crippen molar-refractivity contribution >= 4 is 16.2 Å². The Hall–Kier alpha value is -1.33. The molecule has 0 aliphatic heterocycles. The number of ether oxygens (including phenoxy) is 1. The predicted octanol–water partition coefficient (Wildman–Crippen LogP) is 1.49. The first kappa shape index (κ1) is 11.2. The van der Waals surface area contributed by atoms with Crippen LogP contribution < -0.4 is 0 Å². The Balaban J connectivity index is 1.92. The van der Waals surface area contributed by atoms with Crippen LogP contribution in [0.3, 0.4) is 0 Å². The molecule has 0 fully saturated rings. The van der Waals surface area contributed by atoms with Gasteiger partial charge in [-0.3, -0.25) is 4.55 Å². The molecule has 4 nitrogen and oxygen atoms in total. The van der Waals surface area contributed by atoms with Gasteiger partial charge in [0, 0.05) is 6.42 Å². The molecule has 0 amide bonds. The fourth-order valence-corrected chi connectivity index (χ4v) is 1.91. The molecule has 0 bridgehead atoms. The summed E-state index contributed by atoms with van der Waals surface area (Å²) in [5, 5.41) is 0. The minimum atomic E-state index is -3.94. The molecule has 2 rings (SSSR count). The monoisotopic (exact) mass is 240 g/mol. The molecule has 16 heavy (non-hydrogen) atoms. The SMILES string of the molecule is O=S(=O)(O)CCOC1=Cc2ccccc2C1. The van der Waals surface area contributed by atoms with Crippen molar-refractivity contribution in [1.82, 2.24) is 0 Å². The van der Waals surface area contributed by atoms with Gasteiger partial charge in [-0.15, -0.1) is 0 Å². The summed E-state index contributed by atoms with van der Waals surface area (Å²) < 4.78 is 34.8. The highest BCUT2D eigenvalue weighted by Crippen LogP contribution is 2.24. The molecule has 0 heterocycles. The Morgan fingerprint density at radius 3 is 2.75 bits per heavy atom. The summed E-state index contributed by atoms with van der Waals surface area (Å²) in [4.78, 5) is 0. The quantitative estimate of drug-likeness (QED) is 0.810. The third-order valence-electron chi connectivity index (χ3n) is 2.37. The van der Waals surface area contributed by atoms with Gasteiger partial charge in [0.1, 0.15) is 18.1 Å². The molecule has 1 N–H and O–H groups in total. The first-order valence-corrected chi connectivity index (χ1v) is 6.52. The number of hydrogen-bond acceptors (Lipinski definition) is 3. The lowest BCUT2D eigenvalue weighted by Gasteiger charge is -2.04. The zero-order chi connectivity index (χ0) is 11.6. The van der Waals surface area contributed by atoms with Crippen LogP contribution in [0.5, 0.6) is 0 Å². The third-order valence-corrected chi connectivity index (χ3v) is 3.05. The maximum absolute atomic E-state index is 10.5. The van der Waals surface area contributed by atoms with Crippen molar-refractivity contribution < 1.29 is 17.7 Å². The van der Waals surface area contributed by atoms with Gasteiger partial charge in [-0.05, 0) is 17.2 Å². The van der Waals surface area contributed by atoms with Gasteiger partial charge in [-0.2, -0.15) is 8.42 Å². The fraction of sp³-hybridized carbons (Fsp3) is 0.273. The van der Waals surface area contributed by atoms with Gasteiger partial charge in [0.05, 0.1) is 0 Å². The van der Waals surface area contributed by atoms with Crippen LogP contribution in [-0.4, -0.2) is 25.3 Å². The van der Waals surface area contributed by atoms with Gasteiger partial charge >= 0.3 is 0 Å². The Labute approximate surface area is 94.3 Å². The molecule has 0 saturated heterocycles. The van der Waals surface area contributed by atoms with E-state index >= 15 is 0 Å². The first-order valence-electron chi connectivity index (χ1n) is 4.91. The molecule has 5 heteroatoms. The van der Waals surface area contributed by atoms with E-state index in [1.807, 2.05) is 30.3 Å². The predicted molar refractivity (Wildman–Crippen MR) is 60.5 cm³/mol. The van der Waals surface area contributed by atoms with Crippen LogP contribution in [-0.2, 0) is 21.3 Å². The van der Waals surface area contributed by atoms with Gasteiger partial charge in [-0.1, -0.05) is 24.3 Å². The summed E-state index contributed by atoms with van der Waals surface area (Å²) in [5.74, 6) is 0.366. The molecule has 0 aromatic heterocycles. The zero-order valence-corrected chi connectivity index (χ0v) is 9.40. The van der Waals surface area contributed by atoms with Gasteiger partial charge in [0.2, 0.25) is 0 Å². The highest BCUT2D eigenvalue weighted by atomic mass is 32.2. The highest BCUT2D eigenvalue weighted by molar-refractivity contribution is 7.85. The second kappa shape index (κ2) is 4.27. The van der Waals surface area contributed by atoms with E-state index in [1.54, 1.807) is 0 Å². The number of benzene rings is 1. The summed E-state index contributed by atoms with van der Waals surface area (Å²) in [7, 11) is -3.94. The Morgan fingerprint density at radius 2 is 2.06 bits per heavy atom. The molecule has 0 unspecified atom stereocenters. The Kier molecular flexibility index (Phi) is 2.98. The Morgan fingerprint density at radius 1 is 1.31 bits per heavy atom. The smallest absolute Gasteiger partial charge is 0.268 e. The molecule has 1 aliphatic carbocycles. The largest absolute Gasteiger partial charge is 0.496 e. The second-order valence-electron chi connectivity index (χ2n) is 3.62. The molecule has 1 aliphatic rings. The summed E-state index contributed by atoms with van der Waals surface area (Å²) in [5.41, 5.74) is 2.27. The van der Waals surface area contributed by atoms with Crippen molar-refractivity contribution in [3.8, 4) is 0 Å². The van der Waals surface area contributed by atoms with Crippen molar-refractivity contribution in [3.05, 3.63) is 41.2 Å². The van der Waals surface area contributed by atoms with Crippen LogP contribution in [0, 0.1) is 0 Å². The molecule has 0 saturated carbocycles. The standard InChI is InChI=1S/C11H12O4S/c12-16(13,14)6-5-15-11-7-9-3-1-2-4-10(9)8-11/h1-4,7H,5-6,8H2,(H,12,13,14). The van der Waals surface area contributed by atoms with Crippen LogP contribution >= 0.6 is 0 Å². The number of allylic oxidation sites excluding steroid dienone is 1. The van der Waals surface area contributed by atoms with Crippen molar-refractivity contribution in [2.45, 2.75) is 6.42 Å². The van der Waals surface area contributed by atoms with E-state index in [0.29, 0.717) is 6.42 Å². The third kappa shape index (κ3) is 2.84. The molecule has 0 atom stereocenters. The second-order valence-corrected chi connectivity index (χ2v) is 5.19. The minimum Gasteiger partial charge on any atom is -0.496 e. The lowest BCUT2D eigenvalue weighted by molar-refractivity contribution is 0.228. The molecule has 1 aromatic rings. The van der Waals surface area contributed by atoms with Crippen LogP contribution in [0.2, 0.25) is 0 Å². The topological polar surface area (TPSA) is 63.6 Å². The van der Waals surface area contributed by atoms with Crippen molar-refractivity contribution in [1.29, 1.82) is 0 Å². The molecule has 0 radical (unpaired) electrons. The number of fused-ring (bicyclic) bond motifs is 1. The van der Waals surface area contributed by atoms with E-state index in [9.17, 15) is 8.42 Å². The van der Waals surface area contributed by atoms with Gasteiger partial charge in [0.25, 0.3) is 10.1 Å². The lowest BCUT2D eigenvalue weighted by Crippen LogP contribution is -2.10. The molecule has 1 aromatic carbocycles. The maximum atomic E-state index is 10.5. The van der Waals surface area contributed by atoms with Gasteiger partial charge in [0.15, 0.2) is 0 Å². The summed E-state index contributed by atoms with van der Waals surface area (Å²) in [6.07, 6.45) is 2.57. The van der Waals surface area contributed by atoms with E-state index in [1.165, 1.54) is 5.56 Å². The normalized spacial score (nSPS) is 14.4.